The van der Waals surface area contributed by atoms with Gasteiger partial charge < -0.3 is 20.5 Å². The average Bonchev–Trinajstić information content (AvgIpc) is 3.26. The molecule has 1 fully saturated rings. The van der Waals surface area contributed by atoms with E-state index in [4.69, 9.17) is 0 Å². The molecule has 0 unspecified atom stereocenters. The van der Waals surface area contributed by atoms with Crippen LogP contribution in [-0.2, 0) is 0 Å². The SMILES string of the molecule is CCCN(C[C@@H]1C[C@H]1c1c[nH]c2ccc(F)cc12)C(=O)NCCNCC. The van der Waals surface area contributed by atoms with Crippen LogP contribution in [0, 0.1) is 11.7 Å². The van der Waals surface area contributed by atoms with E-state index in [0.29, 0.717) is 18.4 Å². The zero-order chi connectivity index (χ0) is 18.5. The van der Waals surface area contributed by atoms with Crippen molar-refractivity contribution in [2.24, 2.45) is 5.92 Å². The third kappa shape index (κ3) is 4.36. The number of fused-ring (bicyclic) bond motifs is 1. The highest BCUT2D eigenvalue weighted by molar-refractivity contribution is 5.84. The van der Waals surface area contributed by atoms with Crippen LogP contribution in [0.1, 0.15) is 38.2 Å². The number of likely N-dealkylation sites (N-methyl/N-ethyl adjacent to an activating group) is 1. The third-order valence-electron chi connectivity index (χ3n) is 5.06. The predicted molar refractivity (Wildman–Crippen MR) is 103 cm³/mol. The molecule has 1 aliphatic rings. The number of hydrogen-bond acceptors (Lipinski definition) is 2. The average molecular weight is 360 g/mol. The lowest BCUT2D eigenvalue weighted by Gasteiger charge is -2.23. The van der Waals surface area contributed by atoms with E-state index in [1.54, 1.807) is 12.1 Å². The lowest BCUT2D eigenvalue weighted by atomic mass is 10.1. The molecule has 6 heteroatoms. The third-order valence-corrected chi connectivity index (χ3v) is 5.06. The second-order valence-electron chi connectivity index (χ2n) is 7.07. The lowest BCUT2D eigenvalue weighted by Crippen LogP contribution is -2.43. The summed E-state index contributed by atoms with van der Waals surface area (Å²) < 4.78 is 13.6. The molecule has 1 aliphatic carbocycles. The molecule has 3 N–H and O–H groups in total. The van der Waals surface area contributed by atoms with Gasteiger partial charge in [0.1, 0.15) is 5.82 Å². The Morgan fingerprint density at radius 1 is 1.35 bits per heavy atom. The minimum Gasteiger partial charge on any atom is -0.361 e. The highest BCUT2D eigenvalue weighted by Gasteiger charge is 2.41. The van der Waals surface area contributed by atoms with Gasteiger partial charge in [0, 0.05) is 43.3 Å². The van der Waals surface area contributed by atoms with Crippen LogP contribution in [0.2, 0.25) is 0 Å². The molecule has 0 radical (unpaired) electrons. The van der Waals surface area contributed by atoms with Gasteiger partial charge in [-0.25, -0.2) is 9.18 Å². The minimum absolute atomic E-state index is 0.0142. The fraction of sp³-hybridized carbons (Fsp3) is 0.550. The van der Waals surface area contributed by atoms with E-state index in [1.807, 2.05) is 11.1 Å². The van der Waals surface area contributed by atoms with E-state index < -0.39 is 0 Å². The predicted octanol–water partition coefficient (Wildman–Crippen LogP) is 3.44. The summed E-state index contributed by atoms with van der Waals surface area (Å²) in [6.07, 6.45) is 3.99. The van der Waals surface area contributed by atoms with Crippen LogP contribution in [0.4, 0.5) is 9.18 Å². The number of hydrogen-bond donors (Lipinski definition) is 3. The molecule has 2 aromatic rings. The summed E-state index contributed by atoms with van der Waals surface area (Å²) in [4.78, 5) is 17.6. The summed E-state index contributed by atoms with van der Waals surface area (Å²) >= 11 is 0. The number of nitrogens with one attached hydrogen (secondary N) is 3. The molecule has 2 atom stereocenters. The number of H-pyrrole nitrogens is 1. The van der Waals surface area contributed by atoms with Crippen molar-refractivity contribution in [3.8, 4) is 0 Å². The number of urea groups is 1. The van der Waals surface area contributed by atoms with Crippen LogP contribution in [0.15, 0.2) is 24.4 Å². The van der Waals surface area contributed by atoms with Crippen molar-refractivity contribution in [1.82, 2.24) is 20.5 Å². The van der Waals surface area contributed by atoms with Crippen LogP contribution >= 0.6 is 0 Å². The number of carbonyl (C=O) groups is 1. The second-order valence-corrected chi connectivity index (χ2v) is 7.07. The van der Waals surface area contributed by atoms with Gasteiger partial charge >= 0.3 is 6.03 Å². The van der Waals surface area contributed by atoms with Crippen molar-refractivity contribution in [2.75, 3.05) is 32.7 Å². The van der Waals surface area contributed by atoms with Gasteiger partial charge in [-0.3, -0.25) is 0 Å². The van der Waals surface area contributed by atoms with Crippen LogP contribution in [0.5, 0.6) is 0 Å². The zero-order valence-electron chi connectivity index (χ0n) is 15.6. The summed E-state index contributed by atoms with van der Waals surface area (Å²) in [5.74, 6) is 0.644. The Balaban J connectivity index is 1.59. The normalized spacial score (nSPS) is 18.9. The van der Waals surface area contributed by atoms with Crippen LogP contribution in [0.25, 0.3) is 10.9 Å². The Bertz CT molecular complexity index is 744. The number of aromatic nitrogens is 1. The van der Waals surface area contributed by atoms with Crippen molar-refractivity contribution >= 4 is 16.9 Å². The molecule has 142 valence electrons. The molecule has 1 saturated carbocycles. The molecular formula is C20H29FN4O. The number of rotatable bonds is 9. The Morgan fingerprint density at radius 2 is 2.19 bits per heavy atom. The molecule has 26 heavy (non-hydrogen) atoms. The molecule has 1 heterocycles. The summed E-state index contributed by atoms with van der Waals surface area (Å²) in [6, 6.07) is 4.88. The first-order chi connectivity index (χ1) is 12.6. The van der Waals surface area contributed by atoms with Gasteiger partial charge in [-0.05, 0) is 55.0 Å². The van der Waals surface area contributed by atoms with E-state index in [9.17, 15) is 9.18 Å². The number of aromatic amines is 1. The van der Waals surface area contributed by atoms with Gasteiger partial charge in [0.2, 0.25) is 0 Å². The first-order valence-electron chi connectivity index (χ1n) is 9.64. The van der Waals surface area contributed by atoms with Gasteiger partial charge in [0.05, 0.1) is 0 Å². The van der Waals surface area contributed by atoms with Gasteiger partial charge in [-0.2, -0.15) is 0 Å². The number of carbonyl (C=O) groups excluding carboxylic acids is 1. The van der Waals surface area contributed by atoms with Crippen LogP contribution in [0.3, 0.4) is 0 Å². The van der Waals surface area contributed by atoms with Crippen molar-refractivity contribution in [3.05, 3.63) is 35.8 Å². The topological polar surface area (TPSA) is 60.2 Å². The van der Waals surface area contributed by atoms with E-state index >= 15 is 0 Å². The smallest absolute Gasteiger partial charge is 0.317 e. The largest absolute Gasteiger partial charge is 0.361 e. The summed E-state index contributed by atoms with van der Waals surface area (Å²) in [5, 5.41) is 7.17. The molecule has 5 nitrogen and oxygen atoms in total. The maximum atomic E-state index is 13.6. The van der Waals surface area contributed by atoms with E-state index in [0.717, 1.165) is 49.9 Å². The van der Waals surface area contributed by atoms with Gasteiger partial charge in [-0.1, -0.05) is 13.8 Å². The number of benzene rings is 1. The molecule has 0 spiro atoms. The molecule has 2 amide bonds. The van der Waals surface area contributed by atoms with Crippen LogP contribution < -0.4 is 10.6 Å². The fourth-order valence-corrected chi connectivity index (χ4v) is 3.63. The maximum Gasteiger partial charge on any atom is 0.317 e. The highest BCUT2D eigenvalue weighted by Crippen LogP contribution is 2.50. The quantitative estimate of drug-likeness (QED) is 0.600. The molecular weight excluding hydrogens is 331 g/mol. The van der Waals surface area contributed by atoms with Crippen molar-refractivity contribution < 1.29 is 9.18 Å². The van der Waals surface area contributed by atoms with Crippen molar-refractivity contribution in [3.63, 3.8) is 0 Å². The van der Waals surface area contributed by atoms with E-state index in [2.05, 4.69) is 29.5 Å². The summed E-state index contributed by atoms with van der Waals surface area (Å²) in [7, 11) is 0. The number of amides is 2. The summed E-state index contributed by atoms with van der Waals surface area (Å²) in [6.45, 7) is 7.99. The van der Waals surface area contributed by atoms with Crippen LogP contribution in [-0.4, -0.2) is 48.6 Å². The Morgan fingerprint density at radius 3 is 2.96 bits per heavy atom. The Hall–Kier alpha value is -2.08. The monoisotopic (exact) mass is 360 g/mol. The van der Waals surface area contributed by atoms with Crippen molar-refractivity contribution in [2.45, 2.75) is 32.6 Å². The van der Waals surface area contributed by atoms with Crippen molar-refractivity contribution in [1.29, 1.82) is 0 Å². The van der Waals surface area contributed by atoms with E-state index in [-0.39, 0.29) is 11.8 Å². The molecule has 3 rings (SSSR count). The Kier molecular flexibility index (Phi) is 6.14. The van der Waals surface area contributed by atoms with Gasteiger partial charge in [0.15, 0.2) is 0 Å². The molecule has 0 aliphatic heterocycles. The first-order valence-corrected chi connectivity index (χ1v) is 9.64. The number of nitrogens with zero attached hydrogens (tertiary/aromatic N) is 1. The first kappa shape index (κ1) is 18.7. The maximum absolute atomic E-state index is 13.6. The zero-order valence-corrected chi connectivity index (χ0v) is 15.6. The van der Waals surface area contributed by atoms with E-state index in [1.165, 1.54) is 11.6 Å². The number of halogens is 1. The minimum atomic E-state index is -0.205. The van der Waals surface area contributed by atoms with Gasteiger partial charge in [0.25, 0.3) is 0 Å². The lowest BCUT2D eigenvalue weighted by molar-refractivity contribution is 0.195. The van der Waals surface area contributed by atoms with Gasteiger partial charge in [-0.15, -0.1) is 0 Å². The standard InChI is InChI=1S/C20H29FN4O/c1-3-9-25(20(26)23-8-7-22-4-2)13-14-10-16(14)18-12-24-19-6-5-15(21)11-17(18)19/h5-6,11-12,14,16,22,24H,3-4,7-10,13H2,1-2H3,(H,23,26)/t14-,16+/m0/s1. The second kappa shape index (κ2) is 8.54. The molecule has 1 aromatic heterocycles. The molecule has 1 aromatic carbocycles. The Labute approximate surface area is 154 Å². The highest BCUT2D eigenvalue weighted by atomic mass is 19.1. The molecule has 0 bridgehead atoms. The molecule has 0 saturated heterocycles. The summed E-state index contributed by atoms with van der Waals surface area (Å²) in [5.41, 5.74) is 2.15. The fourth-order valence-electron chi connectivity index (χ4n) is 3.63.